The van der Waals surface area contributed by atoms with Gasteiger partial charge in [-0.25, -0.2) is 0 Å². The SMILES string of the molecule is CCCC(C)C[C@H]1CC(=O)N(C)C1. The van der Waals surface area contributed by atoms with Crippen LogP contribution < -0.4 is 0 Å². The molecule has 1 saturated heterocycles. The molecule has 0 aromatic heterocycles. The fraction of sp³-hybridized carbons (Fsp3) is 0.909. The fourth-order valence-electron chi connectivity index (χ4n) is 2.29. The fourth-order valence-corrected chi connectivity index (χ4v) is 2.29. The van der Waals surface area contributed by atoms with Crippen LogP contribution >= 0.6 is 0 Å². The second-order valence-corrected chi connectivity index (χ2v) is 4.47. The molecule has 1 fully saturated rings. The van der Waals surface area contributed by atoms with Gasteiger partial charge in [0.1, 0.15) is 0 Å². The van der Waals surface area contributed by atoms with Crippen LogP contribution in [0.3, 0.4) is 0 Å². The Kier molecular flexibility index (Phi) is 3.76. The summed E-state index contributed by atoms with van der Waals surface area (Å²) in [7, 11) is 1.91. The molecule has 0 saturated carbocycles. The van der Waals surface area contributed by atoms with Crippen molar-refractivity contribution in [2.75, 3.05) is 13.6 Å². The van der Waals surface area contributed by atoms with Gasteiger partial charge in [0.25, 0.3) is 0 Å². The van der Waals surface area contributed by atoms with Gasteiger partial charge in [-0.05, 0) is 18.3 Å². The van der Waals surface area contributed by atoms with Crippen LogP contribution in [-0.4, -0.2) is 24.4 Å². The van der Waals surface area contributed by atoms with Gasteiger partial charge in [0.15, 0.2) is 0 Å². The first-order valence-electron chi connectivity index (χ1n) is 5.37. The van der Waals surface area contributed by atoms with Gasteiger partial charge < -0.3 is 4.90 Å². The normalized spacial score (nSPS) is 25.3. The summed E-state index contributed by atoms with van der Waals surface area (Å²) < 4.78 is 0. The molecule has 2 nitrogen and oxygen atoms in total. The summed E-state index contributed by atoms with van der Waals surface area (Å²) in [6, 6.07) is 0. The molecule has 2 heteroatoms. The molecular weight excluding hydrogens is 162 g/mol. The van der Waals surface area contributed by atoms with E-state index >= 15 is 0 Å². The molecule has 0 spiro atoms. The highest BCUT2D eigenvalue weighted by molar-refractivity contribution is 5.78. The quantitative estimate of drug-likeness (QED) is 0.655. The smallest absolute Gasteiger partial charge is 0.222 e. The first-order valence-corrected chi connectivity index (χ1v) is 5.37. The number of carbonyl (C=O) groups excluding carboxylic acids is 1. The minimum Gasteiger partial charge on any atom is -0.345 e. The molecule has 76 valence electrons. The van der Waals surface area contributed by atoms with Crippen molar-refractivity contribution in [3.05, 3.63) is 0 Å². The predicted octanol–water partition coefficient (Wildman–Crippen LogP) is 2.29. The molecule has 1 heterocycles. The summed E-state index contributed by atoms with van der Waals surface area (Å²) >= 11 is 0. The zero-order valence-corrected chi connectivity index (χ0v) is 9.05. The van der Waals surface area contributed by atoms with Crippen LogP contribution in [0.25, 0.3) is 0 Å². The molecular formula is C11H21NO. The highest BCUT2D eigenvalue weighted by Gasteiger charge is 2.27. The van der Waals surface area contributed by atoms with Crippen molar-refractivity contribution in [1.29, 1.82) is 0 Å². The van der Waals surface area contributed by atoms with E-state index in [0.29, 0.717) is 11.8 Å². The van der Waals surface area contributed by atoms with Crippen LogP contribution in [-0.2, 0) is 4.79 Å². The van der Waals surface area contributed by atoms with Gasteiger partial charge in [0.2, 0.25) is 5.91 Å². The van der Waals surface area contributed by atoms with E-state index in [4.69, 9.17) is 0 Å². The molecule has 1 aliphatic heterocycles. The van der Waals surface area contributed by atoms with Crippen LogP contribution in [0.2, 0.25) is 0 Å². The van der Waals surface area contributed by atoms with Gasteiger partial charge in [-0.3, -0.25) is 4.79 Å². The van der Waals surface area contributed by atoms with E-state index in [1.807, 2.05) is 11.9 Å². The number of carbonyl (C=O) groups is 1. The minimum absolute atomic E-state index is 0.327. The van der Waals surface area contributed by atoms with Crippen LogP contribution in [0.4, 0.5) is 0 Å². The highest BCUT2D eigenvalue weighted by Crippen LogP contribution is 2.25. The summed E-state index contributed by atoms with van der Waals surface area (Å²) in [6.07, 6.45) is 4.57. The lowest BCUT2D eigenvalue weighted by molar-refractivity contribution is -0.126. The zero-order chi connectivity index (χ0) is 9.84. The molecule has 1 unspecified atom stereocenters. The van der Waals surface area contributed by atoms with E-state index < -0.39 is 0 Å². The van der Waals surface area contributed by atoms with Crippen molar-refractivity contribution in [2.45, 2.75) is 39.5 Å². The van der Waals surface area contributed by atoms with E-state index in [0.717, 1.165) is 18.9 Å². The Morgan fingerprint density at radius 1 is 1.62 bits per heavy atom. The Bertz CT molecular complexity index is 179. The molecule has 1 rings (SSSR count). The lowest BCUT2D eigenvalue weighted by Crippen LogP contribution is -2.19. The number of hydrogen-bond donors (Lipinski definition) is 0. The zero-order valence-electron chi connectivity index (χ0n) is 9.05. The van der Waals surface area contributed by atoms with Crippen LogP contribution in [0.15, 0.2) is 0 Å². The summed E-state index contributed by atoms with van der Waals surface area (Å²) in [6.45, 7) is 5.50. The molecule has 0 aliphatic carbocycles. The van der Waals surface area contributed by atoms with E-state index in [-0.39, 0.29) is 0 Å². The maximum absolute atomic E-state index is 11.2. The molecule has 1 amide bonds. The standard InChI is InChI=1S/C11H21NO/c1-4-5-9(2)6-10-7-11(13)12(3)8-10/h9-10H,4-8H2,1-3H3/t9?,10-/m0/s1. The van der Waals surface area contributed by atoms with E-state index in [1.54, 1.807) is 0 Å². The number of nitrogens with zero attached hydrogens (tertiary/aromatic N) is 1. The topological polar surface area (TPSA) is 20.3 Å². The Balaban J connectivity index is 2.27. The molecule has 13 heavy (non-hydrogen) atoms. The van der Waals surface area contributed by atoms with Crippen LogP contribution in [0.1, 0.15) is 39.5 Å². The van der Waals surface area contributed by atoms with E-state index in [9.17, 15) is 4.79 Å². The van der Waals surface area contributed by atoms with Crippen molar-refractivity contribution in [2.24, 2.45) is 11.8 Å². The molecule has 0 N–H and O–H groups in total. The molecule has 0 radical (unpaired) electrons. The maximum atomic E-state index is 11.2. The maximum Gasteiger partial charge on any atom is 0.222 e. The highest BCUT2D eigenvalue weighted by atomic mass is 16.2. The predicted molar refractivity (Wildman–Crippen MR) is 54.4 cm³/mol. The lowest BCUT2D eigenvalue weighted by Gasteiger charge is -2.15. The number of hydrogen-bond acceptors (Lipinski definition) is 1. The van der Waals surface area contributed by atoms with Gasteiger partial charge in [-0.2, -0.15) is 0 Å². The van der Waals surface area contributed by atoms with Crippen molar-refractivity contribution in [3.8, 4) is 0 Å². The van der Waals surface area contributed by atoms with Crippen LogP contribution in [0.5, 0.6) is 0 Å². The summed E-state index contributed by atoms with van der Waals surface area (Å²) in [5.74, 6) is 1.74. The molecule has 0 bridgehead atoms. The van der Waals surface area contributed by atoms with Gasteiger partial charge in [0, 0.05) is 20.0 Å². The second-order valence-electron chi connectivity index (χ2n) is 4.47. The van der Waals surface area contributed by atoms with Crippen molar-refractivity contribution in [1.82, 2.24) is 4.90 Å². The van der Waals surface area contributed by atoms with Gasteiger partial charge in [-0.1, -0.05) is 26.7 Å². The third-order valence-corrected chi connectivity index (χ3v) is 2.94. The molecule has 0 aromatic carbocycles. The van der Waals surface area contributed by atoms with Crippen molar-refractivity contribution in [3.63, 3.8) is 0 Å². The summed E-state index contributed by atoms with van der Waals surface area (Å²) in [5.41, 5.74) is 0. The Labute approximate surface area is 81.3 Å². The first kappa shape index (κ1) is 10.6. The number of amides is 1. The number of rotatable bonds is 4. The molecule has 1 aliphatic rings. The Hall–Kier alpha value is -0.530. The van der Waals surface area contributed by atoms with Crippen molar-refractivity contribution >= 4 is 5.91 Å². The first-order chi connectivity index (χ1) is 6.13. The van der Waals surface area contributed by atoms with Crippen molar-refractivity contribution < 1.29 is 4.79 Å². The average molecular weight is 183 g/mol. The average Bonchev–Trinajstić information content (AvgIpc) is 2.31. The van der Waals surface area contributed by atoms with E-state index in [2.05, 4.69) is 13.8 Å². The third-order valence-electron chi connectivity index (χ3n) is 2.94. The largest absolute Gasteiger partial charge is 0.345 e. The van der Waals surface area contributed by atoms with Gasteiger partial charge >= 0.3 is 0 Å². The van der Waals surface area contributed by atoms with Crippen LogP contribution in [0, 0.1) is 11.8 Å². The Morgan fingerprint density at radius 2 is 2.31 bits per heavy atom. The number of likely N-dealkylation sites (tertiary alicyclic amines) is 1. The van der Waals surface area contributed by atoms with E-state index in [1.165, 1.54) is 19.3 Å². The summed E-state index contributed by atoms with van der Waals surface area (Å²) in [4.78, 5) is 13.1. The van der Waals surface area contributed by atoms with Gasteiger partial charge in [-0.15, -0.1) is 0 Å². The minimum atomic E-state index is 0.327. The lowest BCUT2D eigenvalue weighted by atomic mass is 9.92. The van der Waals surface area contributed by atoms with Gasteiger partial charge in [0.05, 0.1) is 0 Å². The molecule has 0 aromatic rings. The third kappa shape index (κ3) is 3.02. The summed E-state index contributed by atoms with van der Waals surface area (Å²) in [5, 5.41) is 0. The molecule has 2 atom stereocenters. The second kappa shape index (κ2) is 4.64. The monoisotopic (exact) mass is 183 g/mol. The Morgan fingerprint density at radius 3 is 2.77 bits per heavy atom.